The maximum atomic E-state index is 12.3. The zero-order chi connectivity index (χ0) is 12.4. The minimum Gasteiger partial charge on any atom is -0.342 e. The van der Waals surface area contributed by atoms with E-state index in [9.17, 15) is 4.79 Å². The minimum atomic E-state index is 0. The summed E-state index contributed by atoms with van der Waals surface area (Å²) in [6.07, 6.45) is 7.43. The zero-order valence-corrected chi connectivity index (χ0v) is 13.1. The van der Waals surface area contributed by atoms with E-state index in [4.69, 9.17) is 0 Å². The highest BCUT2D eigenvalue weighted by atomic mass is 35.5. The molecule has 0 saturated carbocycles. The maximum absolute atomic E-state index is 12.3. The van der Waals surface area contributed by atoms with Gasteiger partial charge in [-0.3, -0.25) is 4.79 Å². The van der Waals surface area contributed by atoms with E-state index in [1.165, 1.54) is 44.4 Å². The number of halogens is 1. The smallest absolute Gasteiger partial charge is 0.235 e. The van der Waals surface area contributed by atoms with E-state index in [0.29, 0.717) is 5.91 Å². The number of rotatable bonds is 2. The monoisotopic (exact) mass is 304 g/mol. The molecule has 0 bridgehead atoms. The molecular formula is C14H25ClN2OS. The molecule has 5 heteroatoms. The van der Waals surface area contributed by atoms with Gasteiger partial charge in [0.2, 0.25) is 5.91 Å². The first-order chi connectivity index (χ1) is 8.84. The van der Waals surface area contributed by atoms with E-state index < -0.39 is 0 Å². The number of amides is 1. The van der Waals surface area contributed by atoms with Crippen LogP contribution in [0.1, 0.15) is 38.5 Å². The fraction of sp³-hybridized carbons (Fsp3) is 0.929. The van der Waals surface area contributed by atoms with Gasteiger partial charge >= 0.3 is 0 Å². The van der Waals surface area contributed by atoms with Crippen LogP contribution in [-0.2, 0) is 4.79 Å². The fourth-order valence-corrected chi connectivity index (χ4v) is 4.85. The molecule has 1 N–H and O–H groups in total. The van der Waals surface area contributed by atoms with Crippen molar-refractivity contribution in [2.45, 2.75) is 49.8 Å². The second-order valence-corrected chi connectivity index (χ2v) is 7.18. The van der Waals surface area contributed by atoms with Gasteiger partial charge in [0.1, 0.15) is 0 Å². The highest BCUT2D eigenvalue weighted by Gasteiger charge is 2.33. The molecule has 3 aliphatic heterocycles. The molecule has 0 aromatic heterocycles. The van der Waals surface area contributed by atoms with Gasteiger partial charge in [-0.05, 0) is 56.7 Å². The van der Waals surface area contributed by atoms with E-state index in [2.05, 4.69) is 10.2 Å². The average molecular weight is 305 g/mol. The topological polar surface area (TPSA) is 32.3 Å². The third-order valence-corrected chi connectivity index (χ3v) is 6.09. The fourth-order valence-electron chi connectivity index (χ4n) is 3.61. The Bertz CT molecular complexity index is 296. The average Bonchev–Trinajstić information content (AvgIpc) is 3.11. The van der Waals surface area contributed by atoms with Crippen LogP contribution in [0.25, 0.3) is 0 Å². The first-order valence-electron chi connectivity index (χ1n) is 7.48. The van der Waals surface area contributed by atoms with Crippen LogP contribution in [-0.4, -0.2) is 47.5 Å². The quantitative estimate of drug-likeness (QED) is 0.849. The third kappa shape index (κ3) is 3.59. The highest BCUT2D eigenvalue weighted by molar-refractivity contribution is 8.00. The Hall–Kier alpha value is 0.0700. The third-order valence-electron chi connectivity index (χ3n) is 4.72. The first kappa shape index (κ1) is 15.5. The number of hydrogen-bond donors (Lipinski definition) is 1. The molecule has 110 valence electrons. The van der Waals surface area contributed by atoms with Crippen LogP contribution in [0.2, 0.25) is 0 Å². The SMILES string of the molecule is Cl.O=C(C1CCCS1)N1CCC(C2CCCN2)CC1. The van der Waals surface area contributed by atoms with E-state index in [1.807, 2.05) is 11.8 Å². The maximum Gasteiger partial charge on any atom is 0.235 e. The number of nitrogens with one attached hydrogen (secondary N) is 1. The second-order valence-electron chi connectivity index (χ2n) is 5.87. The van der Waals surface area contributed by atoms with Gasteiger partial charge in [0.25, 0.3) is 0 Å². The number of piperidine rings is 1. The van der Waals surface area contributed by atoms with Crippen molar-refractivity contribution in [2.24, 2.45) is 5.92 Å². The lowest BCUT2D eigenvalue weighted by Crippen LogP contribution is -2.45. The number of hydrogen-bond acceptors (Lipinski definition) is 3. The number of thioether (sulfide) groups is 1. The van der Waals surface area contributed by atoms with Gasteiger partial charge in [-0.2, -0.15) is 0 Å². The van der Waals surface area contributed by atoms with Crippen molar-refractivity contribution < 1.29 is 4.79 Å². The van der Waals surface area contributed by atoms with Gasteiger partial charge in [0, 0.05) is 19.1 Å². The van der Waals surface area contributed by atoms with Crippen molar-refractivity contribution in [1.29, 1.82) is 0 Å². The van der Waals surface area contributed by atoms with Gasteiger partial charge in [0.05, 0.1) is 5.25 Å². The van der Waals surface area contributed by atoms with Crippen LogP contribution < -0.4 is 5.32 Å². The van der Waals surface area contributed by atoms with Crippen LogP contribution in [0.15, 0.2) is 0 Å². The Labute approximate surface area is 126 Å². The molecule has 2 unspecified atom stereocenters. The Morgan fingerprint density at radius 3 is 2.47 bits per heavy atom. The summed E-state index contributed by atoms with van der Waals surface area (Å²) in [4.78, 5) is 14.5. The summed E-state index contributed by atoms with van der Waals surface area (Å²) in [6.45, 7) is 3.19. The molecule has 3 rings (SSSR count). The molecule has 0 radical (unpaired) electrons. The predicted molar refractivity (Wildman–Crippen MR) is 83.1 cm³/mol. The van der Waals surface area contributed by atoms with E-state index >= 15 is 0 Å². The van der Waals surface area contributed by atoms with Crippen molar-refractivity contribution in [3.8, 4) is 0 Å². The van der Waals surface area contributed by atoms with Gasteiger partial charge in [-0.1, -0.05) is 0 Å². The number of nitrogens with zero attached hydrogens (tertiary/aromatic N) is 1. The molecule has 1 amide bonds. The molecule has 19 heavy (non-hydrogen) atoms. The summed E-state index contributed by atoms with van der Waals surface area (Å²) < 4.78 is 0. The molecule has 3 fully saturated rings. The molecule has 3 aliphatic rings. The van der Waals surface area contributed by atoms with Crippen LogP contribution in [0.5, 0.6) is 0 Å². The standard InChI is InChI=1S/C14H24N2OS.ClH/c17-14(13-4-2-10-18-13)16-8-5-11(6-9-16)12-3-1-7-15-12;/h11-13,15H,1-10H2;1H. The lowest BCUT2D eigenvalue weighted by molar-refractivity contribution is -0.132. The Morgan fingerprint density at radius 2 is 1.89 bits per heavy atom. The number of carbonyl (C=O) groups excluding carboxylic acids is 1. The lowest BCUT2D eigenvalue weighted by Gasteiger charge is -2.36. The second kappa shape index (κ2) is 7.19. The van der Waals surface area contributed by atoms with E-state index in [1.54, 1.807) is 0 Å². The number of carbonyl (C=O) groups is 1. The van der Waals surface area contributed by atoms with Crippen LogP contribution >= 0.6 is 24.2 Å². The van der Waals surface area contributed by atoms with E-state index in [0.717, 1.165) is 31.5 Å². The minimum absolute atomic E-state index is 0. The van der Waals surface area contributed by atoms with Crippen molar-refractivity contribution in [3.63, 3.8) is 0 Å². The number of likely N-dealkylation sites (tertiary alicyclic amines) is 1. The van der Waals surface area contributed by atoms with Crippen LogP contribution in [0.3, 0.4) is 0 Å². The Morgan fingerprint density at radius 1 is 1.11 bits per heavy atom. The highest BCUT2D eigenvalue weighted by Crippen LogP contribution is 2.30. The van der Waals surface area contributed by atoms with E-state index in [-0.39, 0.29) is 17.7 Å². The van der Waals surface area contributed by atoms with Crippen LogP contribution in [0.4, 0.5) is 0 Å². The molecule has 0 spiro atoms. The summed E-state index contributed by atoms with van der Waals surface area (Å²) in [5.41, 5.74) is 0. The summed E-state index contributed by atoms with van der Waals surface area (Å²) in [5, 5.41) is 3.90. The summed E-state index contributed by atoms with van der Waals surface area (Å²) >= 11 is 1.87. The van der Waals surface area contributed by atoms with Crippen molar-refractivity contribution >= 4 is 30.1 Å². The van der Waals surface area contributed by atoms with Gasteiger partial charge < -0.3 is 10.2 Å². The summed E-state index contributed by atoms with van der Waals surface area (Å²) in [7, 11) is 0. The zero-order valence-electron chi connectivity index (χ0n) is 11.5. The molecule has 0 aliphatic carbocycles. The largest absolute Gasteiger partial charge is 0.342 e. The molecular weight excluding hydrogens is 280 g/mol. The molecule has 3 nitrogen and oxygen atoms in total. The van der Waals surface area contributed by atoms with Crippen LogP contribution in [0, 0.1) is 5.92 Å². The van der Waals surface area contributed by atoms with Gasteiger partial charge in [-0.25, -0.2) is 0 Å². The van der Waals surface area contributed by atoms with Crippen molar-refractivity contribution in [1.82, 2.24) is 10.2 Å². The lowest BCUT2D eigenvalue weighted by atomic mass is 9.88. The van der Waals surface area contributed by atoms with Crippen molar-refractivity contribution in [2.75, 3.05) is 25.4 Å². The normalized spacial score (nSPS) is 32.3. The molecule has 0 aromatic rings. The summed E-state index contributed by atoms with van der Waals surface area (Å²) in [6, 6.07) is 0.739. The van der Waals surface area contributed by atoms with Gasteiger partial charge in [-0.15, -0.1) is 24.2 Å². The predicted octanol–water partition coefficient (Wildman–Crippen LogP) is 2.29. The molecule has 3 saturated heterocycles. The summed E-state index contributed by atoms with van der Waals surface area (Å²) in [5.74, 6) is 2.42. The Balaban J connectivity index is 0.00000133. The van der Waals surface area contributed by atoms with Gasteiger partial charge in [0.15, 0.2) is 0 Å². The molecule has 0 aromatic carbocycles. The van der Waals surface area contributed by atoms with Crippen molar-refractivity contribution in [3.05, 3.63) is 0 Å². The molecule has 2 atom stereocenters. The first-order valence-corrected chi connectivity index (χ1v) is 8.53. The molecule has 3 heterocycles. The Kier molecular flexibility index (Phi) is 5.85.